The standard InChI is InChI=1S/C14H18Br2FNO/c1-14(2,3)12(6-7-15)18-13(19)9-4-5-11(17)10(16)8-9/h4-5,8,12H,6-7H2,1-3H3,(H,18,19). The van der Waals surface area contributed by atoms with Gasteiger partial charge in [-0.15, -0.1) is 0 Å². The summed E-state index contributed by atoms with van der Waals surface area (Å²) >= 11 is 6.49. The quantitative estimate of drug-likeness (QED) is 0.747. The molecule has 1 N–H and O–H groups in total. The average molecular weight is 395 g/mol. The summed E-state index contributed by atoms with van der Waals surface area (Å²) in [5.41, 5.74) is 0.429. The molecule has 1 unspecified atom stereocenters. The van der Waals surface area contributed by atoms with Crippen LogP contribution in [-0.2, 0) is 0 Å². The van der Waals surface area contributed by atoms with E-state index in [1.807, 2.05) is 0 Å². The van der Waals surface area contributed by atoms with Gasteiger partial charge in [-0.1, -0.05) is 36.7 Å². The maximum absolute atomic E-state index is 13.1. The summed E-state index contributed by atoms with van der Waals surface area (Å²) in [7, 11) is 0. The maximum Gasteiger partial charge on any atom is 0.251 e. The zero-order valence-electron chi connectivity index (χ0n) is 11.3. The van der Waals surface area contributed by atoms with Crippen LogP contribution < -0.4 is 5.32 Å². The number of nitrogens with one attached hydrogen (secondary N) is 1. The van der Waals surface area contributed by atoms with Crippen LogP contribution in [-0.4, -0.2) is 17.3 Å². The van der Waals surface area contributed by atoms with E-state index < -0.39 is 0 Å². The molecule has 0 aromatic heterocycles. The lowest BCUT2D eigenvalue weighted by molar-refractivity contribution is 0.0900. The van der Waals surface area contributed by atoms with Crippen LogP contribution >= 0.6 is 31.9 Å². The molecule has 1 rings (SSSR count). The Morgan fingerprint density at radius 3 is 2.53 bits per heavy atom. The molecule has 1 aromatic carbocycles. The molecule has 0 aliphatic rings. The zero-order valence-corrected chi connectivity index (χ0v) is 14.4. The van der Waals surface area contributed by atoms with Crippen molar-refractivity contribution in [3.8, 4) is 0 Å². The van der Waals surface area contributed by atoms with E-state index in [0.29, 0.717) is 10.0 Å². The highest BCUT2D eigenvalue weighted by molar-refractivity contribution is 9.10. The number of amides is 1. The Bertz CT molecular complexity index is 457. The summed E-state index contributed by atoms with van der Waals surface area (Å²) in [4.78, 5) is 12.2. The number of halogens is 3. The Hall–Kier alpha value is -0.420. The third-order valence-electron chi connectivity index (χ3n) is 2.93. The molecule has 0 saturated heterocycles. The molecular formula is C14H18Br2FNO. The van der Waals surface area contributed by atoms with Crippen LogP contribution in [0.1, 0.15) is 37.6 Å². The van der Waals surface area contributed by atoms with Crippen LogP contribution in [0.3, 0.4) is 0 Å². The molecular weight excluding hydrogens is 377 g/mol. The fraction of sp³-hybridized carbons (Fsp3) is 0.500. The molecule has 0 aliphatic heterocycles. The second-order valence-electron chi connectivity index (χ2n) is 5.50. The van der Waals surface area contributed by atoms with Crippen LogP contribution in [0.5, 0.6) is 0 Å². The van der Waals surface area contributed by atoms with Crippen molar-refractivity contribution >= 4 is 37.8 Å². The van der Waals surface area contributed by atoms with Gasteiger partial charge in [-0.3, -0.25) is 4.79 Å². The maximum atomic E-state index is 13.1. The molecule has 0 fully saturated rings. The van der Waals surface area contributed by atoms with Gasteiger partial charge in [0.25, 0.3) is 5.91 Å². The van der Waals surface area contributed by atoms with Gasteiger partial charge in [-0.2, -0.15) is 0 Å². The zero-order chi connectivity index (χ0) is 14.6. The molecule has 0 spiro atoms. The number of carbonyl (C=O) groups excluding carboxylic acids is 1. The van der Waals surface area contributed by atoms with Gasteiger partial charge in [-0.25, -0.2) is 4.39 Å². The van der Waals surface area contributed by atoms with Gasteiger partial charge in [0.1, 0.15) is 5.82 Å². The third kappa shape index (κ3) is 4.88. The van der Waals surface area contributed by atoms with Crippen LogP contribution in [0.2, 0.25) is 0 Å². The normalized spacial score (nSPS) is 13.2. The molecule has 19 heavy (non-hydrogen) atoms. The second kappa shape index (κ2) is 6.84. The minimum absolute atomic E-state index is 0.0271. The Morgan fingerprint density at radius 2 is 2.05 bits per heavy atom. The fourth-order valence-electron chi connectivity index (χ4n) is 1.71. The molecule has 5 heteroatoms. The third-order valence-corrected chi connectivity index (χ3v) is 4.00. The Labute approximate surface area is 130 Å². The molecule has 1 amide bonds. The summed E-state index contributed by atoms with van der Waals surface area (Å²) in [6, 6.07) is 4.33. The lowest BCUT2D eigenvalue weighted by atomic mass is 9.85. The van der Waals surface area contributed by atoms with Crippen molar-refractivity contribution in [3.05, 3.63) is 34.1 Å². The Balaban J connectivity index is 2.84. The van der Waals surface area contributed by atoms with Crippen molar-refractivity contribution in [2.75, 3.05) is 5.33 Å². The molecule has 0 radical (unpaired) electrons. The topological polar surface area (TPSA) is 29.1 Å². The number of alkyl halides is 1. The first-order valence-corrected chi connectivity index (χ1v) is 7.99. The van der Waals surface area contributed by atoms with Crippen molar-refractivity contribution in [2.24, 2.45) is 5.41 Å². The van der Waals surface area contributed by atoms with E-state index in [1.165, 1.54) is 18.2 Å². The van der Waals surface area contributed by atoms with Gasteiger partial charge in [0, 0.05) is 16.9 Å². The van der Waals surface area contributed by atoms with E-state index >= 15 is 0 Å². The predicted molar refractivity (Wildman–Crippen MR) is 83.2 cm³/mol. The first kappa shape index (κ1) is 16.6. The number of rotatable bonds is 4. The molecule has 0 heterocycles. The van der Waals surface area contributed by atoms with E-state index in [2.05, 4.69) is 57.9 Å². The monoisotopic (exact) mass is 393 g/mol. The summed E-state index contributed by atoms with van der Waals surface area (Å²) < 4.78 is 13.4. The molecule has 1 aromatic rings. The minimum atomic E-state index is -0.371. The summed E-state index contributed by atoms with van der Waals surface area (Å²) in [6.45, 7) is 6.25. The number of benzene rings is 1. The van der Waals surface area contributed by atoms with Gasteiger partial charge in [0.15, 0.2) is 0 Å². The average Bonchev–Trinajstić information content (AvgIpc) is 2.30. The summed E-state index contributed by atoms with van der Waals surface area (Å²) in [5.74, 6) is -0.550. The van der Waals surface area contributed by atoms with E-state index in [4.69, 9.17) is 0 Å². The van der Waals surface area contributed by atoms with Crippen molar-refractivity contribution in [1.82, 2.24) is 5.32 Å². The van der Waals surface area contributed by atoms with E-state index in [1.54, 1.807) is 0 Å². The first-order chi connectivity index (χ1) is 8.75. The summed E-state index contributed by atoms with van der Waals surface area (Å²) in [5, 5.41) is 3.83. The number of hydrogen-bond donors (Lipinski definition) is 1. The van der Waals surface area contributed by atoms with E-state index in [-0.39, 0.29) is 23.2 Å². The molecule has 0 saturated carbocycles. The van der Waals surface area contributed by atoms with E-state index in [9.17, 15) is 9.18 Å². The highest BCUT2D eigenvalue weighted by Crippen LogP contribution is 2.23. The molecule has 106 valence electrons. The highest BCUT2D eigenvalue weighted by atomic mass is 79.9. The van der Waals surface area contributed by atoms with Crippen LogP contribution in [0.15, 0.2) is 22.7 Å². The minimum Gasteiger partial charge on any atom is -0.349 e. The van der Waals surface area contributed by atoms with Crippen LogP contribution in [0.4, 0.5) is 4.39 Å². The Morgan fingerprint density at radius 1 is 1.42 bits per heavy atom. The predicted octanol–water partition coefficient (Wildman–Crippen LogP) is 4.52. The van der Waals surface area contributed by atoms with Gasteiger partial charge in [-0.05, 0) is 46.0 Å². The second-order valence-corrected chi connectivity index (χ2v) is 7.15. The number of hydrogen-bond acceptors (Lipinski definition) is 1. The first-order valence-electron chi connectivity index (χ1n) is 6.07. The van der Waals surface area contributed by atoms with Crippen LogP contribution in [0.25, 0.3) is 0 Å². The SMILES string of the molecule is CC(C)(C)C(CCBr)NC(=O)c1ccc(F)c(Br)c1. The van der Waals surface area contributed by atoms with Crippen LogP contribution in [0, 0.1) is 11.2 Å². The molecule has 1 atom stereocenters. The van der Waals surface area contributed by atoms with Gasteiger partial charge < -0.3 is 5.32 Å². The van der Waals surface area contributed by atoms with Crippen molar-refractivity contribution in [1.29, 1.82) is 0 Å². The molecule has 2 nitrogen and oxygen atoms in total. The Kier molecular flexibility index (Phi) is 5.99. The highest BCUT2D eigenvalue weighted by Gasteiger charge is 2.26. The lowest BCUT2D eigenvalue weighted by Crippen LogP contribution is -2.44. The summed E-state index contributed by atoms with van der Waals surface area (Å²) in [6.07, 6.45) is 0.845. The fourth-order valence-corrected chi connectivity index (χ4v) is 2.55. The van der Waals surface area contributed by atoms with E-state index in [0.717, 1.165) is 11.8 Å². The van der Waals surface area contributed by atoms with Gasteiger partial charge in [0.2, 0.25) is 0 Å². The van der Waals surface area contributed by atoms with Crippen molar-refractivity contribution < 1.29 is 9.18 Å². The van der Waals surface area contributed by atoms with Crippen molar-refractivity contribution in [2.45, 2.75) is 33.2 Å². The van der Waals surface area contributed by atoms with Gasteiger partial charge >= 0.3 is 0 Å². The largest absolute Gasteiger partial charge is 0.349 e. The lowest BCUT2D eigenvalue weighted by Gasteiger charge is -2.31. The van der Waals surface area contributed by atoms with Gasteiger partial charge in [0.05, 0.1) is 4.47 Å². The van der Waals surface area contributed by atoms with Crippen molar-refractivity contribution in [3.63, 3.8) is 0 Å². The number of carbonyl (C=O) groups is 1. The molecule has 0 aliphatic carbocycles. The smallest absolute Gasteiger partial charge is 0.251 e. The molecule has 0 bridgehead atoms.